The topological polar surface area (TPSA) is 33.1 Å². The average molecular weight is 357 g/mol. The van der Waals surface area contributed by atoms with Crippen LogP contribution in [0.1, 0.15) is 25.5 Å². The molecule has 1 aromatic heterocycles. The number of nitrogens with one attached hydrogen (secondary N) is 1. The number of hydrogen-bond acceptors (Lipinski definition) is 3. The van der Waals surface area contributed by atoms with Crippen LogP contribution < -0.4 is 5.32 Å². The van der Waals surface area contributed by atoms with E-state index >= 15 is 0 Å². The van der Waals surface area contributed by atoms with Crippen molar-refractivity contribution in [3.63, 3.8) is 0 Å². The third-order valence-electron chi connectivity index (χ3n) is 4.23. The van der Waals surface area contributed by atoms with Crippen LogP contribution in [0.3, 0.4) is 0 Å². The summed E-state index contributed by atoms with van der Waals surface area (Å²) < 4.78 is 28.3. The first-order chi connectivity index (χ1) is 11.2. The van der Waals surface area contributed by atoms with E-state index in [1.54, 1.807) is 6.20 Å². The minimum atomic E-state index is -0.606. The van der Waals surface area contributed by atoms with E-state index in [1.165, 1.54) is 16.8 Å². The zero-order valence-corrected chi connectivity index (χ0v) is 14.5. The maximum Gasteiger partial charge on any atom is 0.151 e. The van der Waals surface area contributed by atoms with E-state index in [9.17, 15) is 8.78 Å². The van der Waals surface area contributed by atoms with Gasteiger partial charge in [-0.15, -0.1) is 12.4 Å². The summed E-state index contributed by atoms with van der Waals surface area (Å²) in [6.07, 6.45) is 3.96. The van der Waals surface area contributed by atoms with Gasteiger partial charge in [0.15, 0.2) is 5.82 Å². The number of benzene rings is 1. The molecule has 1 aliphatic rings. The maximum atomic E-state index is 13.9. The monoisotopic (exact) mass is 356 g/mol. The fourth-order valence-corrected chi connectivity index (χ4v) is 3.08. The molecule has 0 amide bonds. The van der Waals surface area contributed by atoms with E-state index in [2.05, 4.69) is 22.2 Å². The Hall–Kier alpha value is -1.50. The minimum absolute atomic E-state index is 0. The fourth-order valence-electron chi connectivity index (χ4n) is 3.08. The average Bonchev–Trinajstić information content (AvgIpc) is 3.18. The molecular weight excluding hydrogens is 334 g/mol. The van der Waals surface area contributed by atoms with Crippen molar-refractivity contribution in [3.05, 3.63) is 47.8 Å². The predicted molar refractivity (Wildman–Crippen MR) is 92.7 cm³/mol. The molecular formula is C17H23ClF2N4. The molecule has 24 heavy (non-hydrogen) atoms. The second-order valence-electron chi connectivity index (χ2n) is 5.96. The number of hydrogen-bond donors (Lipinski definition) is 1. The van der Waals surface area contributed by atoms with Crippen molar-refractivity contribution in [1.82, 2.24) is 20.0 Å². The molecule has 1 atom stereocenters. The molecule has 0 aliphatic carbocycles. The molecule has 1 fully saturated rings. The number of rotatable bonds is 6. The molecule has 1 unspecified atom stereocenters. The lowest BCUT2D eigenvalue weighted by Crippen LogP contribution is -2.37. The Morgan fingerprint density at radius 3 is 2.83 bits per heavy atom. The van der Waals surface area contributed by atoms with Crippen molar-refractivity contribution in [3.8, 4) is 5.69 Å². The van der Waals surface area contributed by atoms with Crippen molar-refractivity contribution in [2.45, 2.75) is 32.4 Å². The molecule has 1 aromatic carbocycles. The zero-order chi connectivity index (χ0) is 16.2. The SMILES string of the molecule is CCCN(Cc1ccn(-c2ccc(F)cc2F)n1)C1CCNC1.Cl. The van der Waals surface area contributed by atoms with E-state index in [1.807, 2.05) is 6.07 Å². The van der Waals surface area contributed by atoms with Gasteiger partial charge in [-0.1, -0.05) is 6.92 Å². The summed E-state index contributed by atoms with van der Waals surface area (Å²) in [6.45, 7) is 6.00. The van der Waals surface area contributed by atoms with Crippen LogP contribution in [0.15, 0.2) is 30.5 Å². The second kappa shape index (κ2) is 8.55. The number of aromatic nitrogens is 2. The summed E-state index contributed by atoms with van der Waals surface area (Å²) in [6, 6.07) is 5.96. The summed E-state index contributed by atoms with van der Waals surface area (Å²) in [5.74, 6) is -1.19. The van der Waals surface area contributed by atoms with Gasteiger partial charge in [0, 0.05) is 31.4 Å². The molecule has 0 bridgehead atoms. The Morgan fingerprint density at radius 2 is 2.17 bits per heavy atom. The Labute approximate surface area is 147 Å². The summed E-state index contributed by atoms with van der Waals surface area (Å²) in [5, 5.41) is 7.85. The molecule has 0 saturated carbocycles. The van der Waals surface area contributed by atoms with Gasteiger partial charge in [-0.3, -0.25) is 4.90 Å². The third kappa shape index (κ3) is 4.32. The molecule has 7 heteroatoms. The Bertz CT molecular complexity index is 656. The standard InChI is InChI=1S/C17H22F2N4.ClH/c1-2-8-22(15-5-7-20-11-15)12-14-6-9-23(21-14)17-4-3-13(18)10-16(17)19;/h3-4,6,9-10,15,20H,2,5,7-8,11-12H2,1H3;1H. The van der Waals surface area contributed by atoms with Gasteiger partial charge in [0.05, 0.1) is 5.69 Å². The quantitative estimate of drug-likeness (QED) is 0.863. The lowest BCUT2D eigenvalue weighted by molar-refractivity contribution is 0.197. The van der Waals surface area contributed by atoms with E-state index < -0.39 is 11.6 Å². The predicted octanol–water partition coefficient (Wildman–Crippen LogP) is 3.15. The van der Waals surface area contributed by atoms with Crippen LogP contribution in [0.4, 0.5) is 8.78 Å². The van der Waals surface area contributed by atoms with Crippen molar-refractivity contribution in [1.29, 1.82) is 0 Å². The Morgan fingerprint density at radius 1 is 1.33 bits per heavy atom. The van der Waals surface area contributed by atoms with Crippen LogP contribution in [0.5, 0.6) is 0 Å². The molecule has 1 saturated heterocycles. The largest absolute Gasteiger partial charge is 0.315 e. The van der Waals surface area contributed by atoms with Crippen LogP contribution >= 0.6 is 12.4 Å². The summed E-state index contributed by atoms with van der Waals surface area (Å²) >= 11 is 0. The molecule has 4 nitrogen and oxygen atoms in total. The van der Waals surface area contributed by atoms with Crippen LogP contribution in [0.2, 0.25) is 0 Å². The maximum absolute atomic E-state index is 13.9. The van der Waals surface area contributed by atoms with Crippen LogP contribution in [-0.4, -0.2) is 40.4 Å². The van der Waals surface area contributed by atoms with E-state index in [0.29, 0.717) is 6.04 Å². The van der Waals surface area contributed by atoms with Gasteiger partial charge in [0.2, 0.25) is 0 Å². The molecule has 3 rings (SSSR count). The smallest absolute Gasteiger partial charge is 0.151 e. The number of nitrogens with zero attached hydrogens (tertiary/aromatic N) is 3. The van der Waals surface area contributed by atoms with Gasteiger partial charge in [0.1, 0.15) is 11.5 Å². The van der Waals surface area contributed by atoms with E-state index in [-0.39, 0.29) is 18.1 Å². The lowest BCUT2D eigenvalue weighted by atomic mass is 10.2. The highest BCUT2D eigenvalue weighted by molar-refractivity contribution is 5.85. The summed E-state index contributed by atoms with van der Waals surface area (Å²) in [7, 11) is 0. The van der Waals surface area contributed by atoms with Gasteiger partial charge in [0.25, 0.3) is 0 Å². The van der Waals surface area contributed by atoms with Crippen molar-refractivity contribution in [2.75, 3.05) is 19.6 Å². The molecule has 0 spiro atoms. The van der Waals surface area contributed by atoms with Crippen LogP contribution in [0.25, 0.3) is 5.69 Å². The van der Waals surface area contributed by atoms with Crippen molar-refractivity contribution in [2.24, 2.45) is 0 Å². The van der Waals surface area contributed by atoms with Gasteiger partial charge < -0.3 is 5.32 Å². The summed E-state index contributed by atoms with van der Waals surface area (Å²) in [4.78, 5) is 2.42. The zero-order valence-electron chi connectivity index (χ0n) is 13.7. The highest BCUT2D eigenvalue weighted by Gasteiger charge is 2.22. The van der Waals surface area contributed by atoms with E-state index in [4.69, 9.17) is 0 Å². The lowest BCUT2D eigenvalue weighted by Gasteiger charge is -2.27. The van der Waals surface area contributed by atoms with Gasteiger partial charge >= 0.3 is 0 Å². The molecule has 132 valence electrons. The number of halogens is 3. The first-order valence-corrected chi connectivity index (χ1v) is 8.12. The normalized spacial score (nSPS) is 17.2. The molecule has 1 aliphatic heterocycles. The fraction of sp³-hybridized carbons (Fsp3) is 0.471. The van der Waals surface area contributed by atoms with E-state index in [0.717, 1.165) is 50.8 Å². The van der Waals surface area contributed by atoms with Gasteiger partial charge in [-0.2, -0.15) is 5.10 Å². The van der Waals surface area contributed by atoms with Crippen molar-refractivity contribution >= 4 is 12.4 Å². The second-order valence-corrected chi connectivity index (χ2v) is 5.96. The first-order valence-electron chi connectivity index (χ1n) is 8.12. The van der Waals surface area contributed by atoms with Crippen LogP contribution in [-0.2, 0) is 6.54 Å². The molecule has 2 heterocycles. The molecule has 1 N–H and O–H groups in total. The summed E-state index contributed by atoms with van der Waals surface area (Å²) in [5.41, 5.74) is 1.16. The van der Waals surface area contributed by atoms with Gasteiger partial charge in [-0.05, 0) is 44.1 Å². The minimum Gasteiger partial charge on any atom is -0.315 e. The Kier molecular flexibility index (Phi) is 6.71. The molecule has 2 aromatic rings. The van der Waals surface area contributed by atoms with Crippen molar-refractivity contribution < 1.29 is 8.78 Å². The highest BCUT2D eigenvalue weighted by atomic mass is 35.5. The van der Waals surface area contributed by atoms with Crippen LogP contribution in [0, 0.1) is 11.6 Å². The first kappa shape index (κ1) is 18.8. The third-order valence-corrected chi connectivity index (χ3v) is 4.23. The Balaban J connectivity index is 0.00000208. The highest BCUT2D eigenvalue weighted by Crippen LogP contribution is 2.17. The molecule has 0 radical (unpaired) electrons. The van der Waals surface area contributed by atoms with Gasteiger partial charge in [-0.25, -0.2) is 13.5 Å².